The number of nitrogens with two attached hydrogens (primary N) is 1. The lowest BCUT2D eigenvalue weighted by molar-refractivity contribution is 0.102. The maximum atomic E-state index is 12.1. The summed E-state index contributed by atoms with van der Waals surface area (Å²) in [6.07, 6.45) is 0. The van der Waals surface area contributed by atoms with Crippen molar-refractivity contribution in [3.05, 3.63) is 59.1 Å². The zero-order valence-corrected chi connectivity index (χ0v) is 12.5. The first-order valence-electron chi connectivity index (χ1n) is 6.14. The molecule has 0 radical (unpaired) electrons. The molecule has 2 aromatic rings. The molecule has 3 N–H and O–H groups in total. The van der Waals surface area contributed by atoms with Crippen LogP contribution in [0.25, 0.3) is 0 Å². The average Bonchev–Trinajstić information content (AvgIpc) is 2.50. The number of hydrogen-bond donors (Lipinski definition) is 2. The second kappa shape index (κ2) is 7.11. The maximum absolute atomic E-state index is 12.1. The maximum Gasteiger partial charge on any atom is 0.255 e. The summed E-state index contributed by atoms with van der Waals surface area (Å²) in [5.74, 6) is 0.284. The summed E-state index contributed by atoms with van der Waals surface area (Å²) in [7, 11) is 0. The van der Waals surface area contributed by atoms with Gasteiger partial charge in [-0.05, 0) is 48.5 Å². The molecule has 0 bridgehead atoms. The van der Waals surface area contributed by atoms with Crippen molar-refractivity contribution in [2.75, 3.05) is 11.2 Å². The first-order valence-corrected chi connectivity index (χ1v) is 7.06. The van der Waals surface area contributed by atoms with Gasteiger partial charge in [-0.2, -0.15) is 0 Å². The van der Waals surface area contributed by atoms with Crippen LogP contribution >= 0.6 is 23.2 Å². The Bertz CT molecular complexity index is 652. The second-order valence-corrected chi connectivity index (χ2v) is 4.95. The van der Waals surface area contributed by atoms with Crippen LogP contribution < -0.4 is 11.1 Å². The number of carbonyl (C=O) groups is 1. The third kappa shape index (κ3) is 4.48. The molecule has 0 unspecified atom stereocenters. The van der Waals surface area contributed by atoms with E-state index in [1.807, 2.05) is 0 Å². The highest BCUT2D eigenvalue weighted by Crippen LogP contribution is 2.16. The Hall–Kier alpha value is -2.04. The molecule has 2 aromatic carbocycles. The number of amidine groups is 1. The van der Waals surface area contributed by atoms with Crippen molar-refractivity contribution < 1.29 is 4.79 Å². The molecule has 4 nitrogen and oxygen atoms in total. The molecule has 108 valence electrons. The van der Waals surface area contributed by atoms with Crippen molar-refractivity contribution in [2.24, 2.45) is 10.7 Å². The summed E-state index contributed by atoms with van der Waals surface area (Å²) < 4.78 is 0. The van der Waals surface area contributed by atoms with Gasteiger partial charge in [0.25, 0.3) is 5.91 Å². The predicted molar refractivity (Wildman–Crippen MR) is 87.8 cm³/mol. The topological polar surface area (TPSA) is 67.5 Å². The van der Waals surface area contributed by atoms with E-state index in [2.05, 4.69) is 10.3 Å². The second-order valence-electron chi connectivity index (χ2n) is 4.24. The number of hydrogen-bond acceptors (Lipinski definition) is 2. The van der Waals surface area contributed by atoms with Gasteiger partial charge in [-0.3, -0.25) is 4.79 Å². The van der Waals surface area contributed by atoms with Gasteiger partial charge >= 0.3 is 0 Å². The van der Waals surface area contributed by atoms with Crippen molar-refractivity contribution in [1.82, 2.24) is 0 Å². The normalized spacial score (nSPS) is 11.2. The van der Waals surface area contributed by atoms with Crippen molar-refractivity contribution in [2.45, 2.75) is 0 Å². The van der Waals surface area contributed by atoms with Crippen LogP contribution in [0.2, 0.25) is 5.02 Å². The third-order valence-corrected chi connectivity index (χ3v) is 3.17. The minimum Gasteiger partial charge on any atom is -0.386 e. The van der Waals surface area contributed by atoms with Crippen LogP contribution in [0.4, 0.5) is 11.4 Å². The lowest BCUT2D eigenvalue weighted by Gasteiger charge is -2.05. The Kier molecular flexibility index (Phi) is 5.20. The van der Waals surface area contributed by atoms with Gasteiger partial charge in [0.2, 0.25) is 0 Å². The molecule has 0 aliphatic heterocycles. The first kappa shape index (κ1) is 15.4. The molecule has 21 heavy (non-hydrogen) atoms. The van der Waals surface area contributed by atoms with Crippen LogP contribution in [0.1, 0.15) is 10.4 Å². The van der Waals surface area contributed by atoms with E-state index in [9.17, 15) is 4.79 Å². The number of halogens is 2. The molecule has 0 aliphatic carbocycles. The van der Waals surface area contributed by atoms with E-state index in [4.69, 9.17) is 28.9 Å². The Balaban J connectivity index is 2.08. The number of nitrogens with zero attached hydrogens (tertiary/aromatic N) is 1. The molecule has 0 spiro atoms. The first-order chi connectivity index (χ1) is 10.1. The SMILES string of the molecule is NC(CCl)=Nc1ccc(C(=O)Nc2ccc(Cl)cc2)cc1. The van der Waals surface area contributed by atoms with Crippen LogP contribution in [0.15, 0.2) is 53.5 Å². The Labute approximate surface area is 132 Å². The molecule has 0 aromatic heterocycles. The molecule has 0 heterocycles. The number of amides is 1. The summed E-state index contributed by atoms with van der Waals surface area (Å²) in [5, 5.41) is 3.40. The summed E-state index contributed by atoms with van der Waals surface area (Å²) in [4.78, 5) is 16.2. The van der Waals surface area contributed by atoms with Crippen molar-refractivity contribution in [3.63, 3.8) is 0 Å². The van der Waals surface area contributed by atoms with Gasteiger partial charge in [0.05, 0.1) is 11.6 Å². The van der Waals surface area contributed by atoms with E-state index >= 15 is 0 Å². The number of aliphatic imine (C=N–C) groups is 1. The Morgan fingerprint density at radius 3 is 2.29 bits per heavy atom. The minimum atomic E-state index is -0.210. The van der Waals surface area contributed by atoms with E-state index in [1.54, 1.807) is 48.5 Å². The third-order valence-electron chi connectivity index (χ3n) is 2.64. The largest absolute Gasteiger partial charge is 0.386 e. The highest BCUT2D eigenvalue weighted by Gasteiger charge is 2.06. The summed E-state index contributed by atoms with van der Waals surface area (Å²) >= 11 is 11.3. The van der Waals surface area contributed by atoms with E-state index in [-0.39, 0.29) is 11.8 Å². The number of benzene rings is 2. The van der Waals surface area contributed by atoms with Crippen molar-refractivity contribution in [1.29, 1.82) is 0 Å². The number of alkyl halides is 1. The van der Waals surface area contributed by atoms with Gasteiger partial charge in [0.15, 0.2) is 0 Å². The van der Waals surface area contributed by atoms with Crippen LogP contribution in [-0.2, 0) is 0 Å². The van der Waals surface area contributed by atoms with Gasteiger partial charge in [0, 0.05) is 16.3 Å². The number of anilines is 1. The Morgan fingerprint density at radius 2 is 1.71 bits per heavy atom. The lowest BCUT2D eigenvalue weighted by Crippen LogP contribution is -2.12. The quantitative estimate of drug-likeness (QED) is 0.510. The fourth-order valence-electron chi connectivity index (χ4n) is 1.62. The van der Waals surface area contributed by atoms with Crippen molar-refractivity contribution >= 4 is 46.3 Å². The van der Waals surface area contributed by atoms with E-state index < -0.39 is 0 Å². The number of carbonyl (C=O) groups excluding carboxylic acids is 1. The molecular weight excluding hydrogens is 309 g/mol. The summed E-state index contributed by atoms with van der Waals surface area (Å²) in [6.45, 7) is 0. The van der Waals surface area contributed by atoms with Gasteiger partial charge in [-0.1, -0.05) is 11.6 Å². The zero-order valence-electron chi connectivity index (χ0n) is 11.0. The average molecular weight is 322 g/mol. The molecule has 2 rings (SSSR count). The number of rotatable bonds is 4. The molecule has 0 fully saturated rings. The fraction of sp³-hybridized carbons (Fsp3) is 0.0667. The molecule has 0 saturated carbocycles. The van der Waals surface area contributed by atoms with Crippen LogP contribution in [-0.4, -0.2) is 17.6 Å². The zero-order chi connectivity index (χ0) is 15.2. The summed E-state index contributed by atoms with van der Waals surface area (Å²) in [6, 6.07) is 13.7. The number of nitrogens with one attached hydrogen (secondary N) is 1. The Morgan fingerprint density at radius 1 is 1.10 bits per heavy atom. The van der Waals surface area contributed by atoms with Gasteiger partial charge in [-0.25, -0.2) is 4.99 Å². The van der Waals surface area contributed by atoms with E-state index in [1.165, 1.54) is 0 Å². The van der Waals surface area contributed by atoms with Crippen LogP contribution in [0.5, 0.6) is 0 Å². The highest BCUT2D eigenvalue weighted by atomic mass is 35.5. The van der Waals surface area contributed by atoms with E-state index in [0.717, 1.165) is 0 Å². The summed E-state index contributed by atoms with van der Waals surface area (Å²) in [5.41, 5.74) is 7.39. The van der Waals surface area contributed by atoms with Gasteiger partial charge in [-0.15, -0.1) is 11.6 Å². The van der Waals surface area contributed by atoms with E-state index in [0.29, 0.717) is 27.8 Å². The minimum absolute atomic E-state index is 0.165. The molecular formula is C15H13Cl2N3O. The lowest BCUT2D eigenvalue weighted by atomic mass is 10.2. The molecule has 1 amide bonds. The van der Waals surface area contributed by atoms with Gasteiger partial charge < -0.3 is 11.1 Å². The molecule has 6 heteroatoms. The fourth-order valence-corrected chi connectivity index (χ4v) is 1.81. The van der Waals surface area contributed by atoms with Gasteiger partial charge in [0.1, 0.15) is 5.84 Å². The van der Waals surface area contributed by atoms with Crippen molar-refractivity contribution in [3.8, 4) is 0 Å². The monoisotopic (exact) mass is 321 g/mol. The predicted octanol–water partition coefficient (Wildman–Crippen LogP) is 3.82. The molecule has 0 aliphatic rings. The van der Waals surface area contributed by atoms with Crippen LogP contribution in [0.3, 0.4) is 0 Å². The highest BCUT2D eigenvalue weighted by molar-refractivity contribution is 6.30. The van der Waals surface area contributed by atoms with Crippen LogP contribution in [0, 0.1) is 0 Å². The molecule has 0 atom stereocenters. The molecule has 0 saturated heterocycles. The standard InChI is InChI=1S/C15H13Cl2N3O/c16-9-14(18)19-12-5-1-10(2-6-12)15(21)20-13-7-3-11(17)4-8-13/h1-8H,9H2,(H2,18,19)(H,20,21). The smallest absolute Gasteiger partial charge is 0.255 e.